The van der Waals surface area contributed by atoms with E-state index >= 15 is 0 Å². The third-order valence-corrected chi connectivity index (χ3v) is 4.58. The normalized spacial score (nSPS) is 26.7. The molecule has 1 aliphatic carbocycles. The van der Waals surface area contributed by atoms with Crippen LogP contribution in [-0.2, 0) is 9.59 Å². The largest absolute Gasteiger partial charge is 0.344 e. The quantitative estimate of drug-likeness (QED) is 0.667. The predicted molar refractivity (Wildman–Crippen MR) is 83.9 cm³/mol. The van der Waals surface area contributed by atoms with Gasteiger partial charge in [-0.05, 0) is 25.0 Å². The summed E-state index contributed by atoms with van der Waals surface area (Å²) in [6.07, 6.45) is 1.50. The van der Waals surface area contributed by atoms with Crippen LogP contribution < -0.4 is 10.2 Å². The lowest BCUT2D eigenvalue weighted by Crippen LogP contribution is -2.53. The third kappa shape index (κ3) is 3.14. The summed E-state index contributed by atoms with van der Waals surface area (Å²) in [7, 11) is 0. The van der Waals surface area contributed by atoms with Gasteiger partial charge in [-0.25, -0.2) is 0 Å². The molecule has 3 atom stereocenters. The highest BCUT2D eigenvalue weighted by atomic mass is 35.5. The second kappa shape index (κ2) is 6.16. The van der Waals surface area contributed by atoms with Crippen molar-refractivity contribution in [3.05, 3.63) is 39.4 Å². The van der Waals surface area contributed by atoms with Gasteiger partial charge in [0, 0.05) is 17.9 Å². The number of hydrogen-bond donors (Lipinski definition) is 1. The molecule has 3 rings (SSSR count). The number of carbonyl (C=O) groups excluding carboxylic acids is 2. The van der Waals surface area contributed by atoms with Crippen LogP contribution in [0.25, 0.3) is 0 Å². The number of carbonyl (C=O) groups is 2. The van der Waals surface area contributed by atoms with Crippen molar-refractivity contribution in [2.24, 2.45) is 5.92 Å². The maximum absolute atomic E-state index is 12.6. The molecule has 8 heteroatoms. The number of para-hydroxylation sites is 1. The summed E-state index contributed by atoms with van der Waals surface area (Å²) in [6.45, 7) is 0.538. The van der Waals surface area contributed by atoms with E-state index in [1.54, 1.807) is 29.2 Å². The van der Waals surface area contributed by atoms with Crippen LogP contribution in [-0.4, -0.2) is 35.4 Å². The molecule has 0 radical (unpaired) electrons. The zero-order valence-corrected chi connectivity index (χ0v) is 13.0. The minimum atomic E-state index is -0.812. The molecule has 23 heavy (non-hydrogen) atoms. The first-order valence-electron chi connectivity index (χ1n) is 7.49. The highest BCUT2D eigenvalue weighted by Crippen LogP contribution is 2.34. The zero-order chi connectivity index (χ0) is 16.6. The Bertz CT molecular complexity index is 666. The minimum Gasteiger partial charge on any atom is -0.344 e. The molecule has 1 saturated carbocycles. The van der Waals surface area contributed by atoms with E-state index in [1.165, 1.54) is 0 Å². The van der Waals surface area contributed by atoms with E-state index in [-0.39, 0.29) is 12.3 Å². The molecule has 1 aromatic carbocycles. The van der Waals surface area contributed by atoms with E-state index in [0.29, 0.717) is 23.7 Å². The SMILES string of the molecule is O=C(N[C@@H]1CCCN(c2ccccc2Cl)C1=O)[C@@H]1C[C@H]1[N+](=O)[O-]. The fourth-order valence-electron chi connectivity index (χ4n) is 2.89. The fraction of sp³-hybridized carbons (Fsp3) is 0.467. The van der Waals surface area contributed by atoms with E-state index in [9.17, 15) is 19.7 Å². The van der Waals surface area contributed by atoms with Gasteiger partial charge in [-0.3, -0.25) is 19.7 Å². The van der Waals surface area contributed by atoms with Crippen LogP contribution in [0.15, 0.2) is 24.3 Å². The molecule has 2 fully saturated rings. The van der Waals surface area contributed by atoms with Gasteiger partial charge in [0.25, 0.3) is 0 Å². The number of amides is 2. The van der Waals surface area contributed by atoms with Crippen molar-refractivity contribution < 1.29 is 14.5 Å². The number of benzene rings is 1. The van der Waals surface area contributed by atoms with Crippen molar-refractivity contribution in [1.82, 2.24) is 5.32 Å². The summed E-state index contributed by atoms with van der Waals surface area (Å²) in [5.74, 6) is -1.25. The van der Waals surface area contributed by atoms with Gasteiger partial charge >= 0.3 is 0 Å². The molecule has 1 aliphatic heterocycles. The second-order valence-electron chi connectivity index (χ2n) is 5.84. The number of rotatable bonds is 4. The van der Waals surface area contributed by atoms with Crippen LogP contribution >= 0.6 is 11.6 Å². The molecule has 0 unspecified atom stereocenters. The van der Waals surface area contributed by atoms with Gasteiger partial charge in [-0.1, -0.05) is 23.7 Å². The van der Waals surface area contributed by atoms with E-state index in [1.807, 2.05) is 0 Å². The number of anilines is 1. The Hall–Kier alpha value is -2.15. The first-order valence-corrected chi connectivity index (χ1v) is 7.86. The summed E-state index contributed by atoms with van der Waals surface area (Å²) in [6, 6.07) is 5.58. The summed E-state index contributed by atoms with van der Waals surface area (Å²) in [5.41, 5.74) is 0.618. The Morgan fingerprint density at radius 3 is 2.78 bits per heavy atom. The van der Waals surface area contributed by atoms with E-state index in [2.05, 4.69) is 5.32 Å². The van der Waals surface area contributed by atoms with Gasteiger partial charge in [-0.2, -0.15) is 0 Å². The molecule has 0 spiro atoms. The van der Waals surface area contributed by atoms with Gasteiger partial charge in [0.05, 0.1) is 10.7 Å². The molecule has 0 bridgehead atoms. The number of nitro groups is 1. The van der Waals surface area contributed by atoms with Crippen LogP contribution in [0, 0.1) is 16.0 Å². The van der Waals surface area contributed by atoms with Crippen molar-refractivity contribution in [2.75, 3.05) is 11.4 Å². The second-order valence-corrected chi connectivity index (χ2v) is 6.25. The van der Waals surface area contributed by atoms with Crippen LogP contribution in [0.3, 0.4) is 0 Å². The Labute approximate surface area is 137 Å². The number of halogens is 1. The Kier molecular flexibility index (Phi) is 4.21. The monoisotopic (exact) mass is 337 g/mol. The van der Waals surface area contributed by atoms with Gasteiger partial charge < -0.3 is 10.2 Å². The zero-order valence-electron chi connectivity index (χ0n) is 12.3. The molecule has 2 aliphatic rings. The summed E-state index contributed by atoms with van der Waals surface area (Å²) < 4.78 is 0. The van der Waals surface area contributed by atoms with Crippen LogP contribution in [0.5, 0.6) is 0 Å². The lowest BCUT2D eigenvalue weighted by Gasteiger charge is -2.33. The van der Waals surface area contributed by atoms with Crippen molar-refractivity contribution in [3.8, 4) is 0 Å². The maximum atomic E-state index is 12.6. The Morgan fingerprint density at radius 1 is 1.39 bits per heavy atom. The molecule has 122 valence electrons. The lowest BCUT2D eigenvalue weighted by atomic mass is 10.0. The lowest BCUT2D eigenvalue weighted by molar-refractivity contribution is -0.497. The molecule has 7 nitrogen and oxygen atoms in total. The van der Waals surface area contributed by atoms with Gasteiger partial charge in [0.2, 0.25) is 17.9 Å². The molecule has 1 heterocycles. The van der Waals surface area contributed by atoms with Gasteiger partial charge in [0.15, 0.2) is 0 Å². The molecule has 2 amide bonds. The van der Waals surface area contributed by atoms with Gasteiger partial charge in [0.1, 0.15) is 12.0 Å². The molecular weight excluding hydrogens is 322 g/mol. The summed E-state index contributed by atoms with van der Waals surface area (Å²) in [5, 5.41) is 13.8. The minimum absolute atomic E-state index is 0.226. The van der Waals surface area contributed by atoms with E-state index in [4.69, 9.17) is 11.6 Å². The first kappa shape index (κ1) is 15.7. The van der Waals surface area contributed by atoms with E-state index in [0.717, 1.165) is 6.42 Å². The first-order chi connectivity index (χ1) is 11.0. The average molecular weight is 338 g/mol. The third-order valence-electron chi connectivity index (χ3n) is 4.26. The standard InChI is InChI=1S/C15H16ClN3O4/c16-10-4-1-2-6-12(10)18-7-3-5-11(15(18)21)17-14(20)9-8-13(9)19(22)23/h1-2,4,6,9,11,13H,3,5,7-8H2,(H,17,20)/t9-,11-,13-/m1/s1. The van der Waals surface area contributed by atoms with Crippen molar-refractivity contribution in [2.45, 2.75) is 31.3 Å². The fourth-order valence-corrected chi connectivity index (χ4v) is 3.13. The number of nitrogens with one attached hydrogen (secondary N) is 1. The summed E-state index contributed by atoms with van der Waals surface area (Å²) in [4.78, 5) is 36.4. The Balaban J connectivity index is 1.67. The van der Waals surface area contributed by atoms with Crippen LogP contribution in [0.4, 0.5) is 5.69 Å². The summed E-state index contributed by atoms with van der Waals surface area (Å²) >= 11 is 6.13. The molecule has 1 saturated heterocycles. The average Bonchev–Trinajstić information content (AvgIpc) is 3.31. The van der Waals surface area contributed by atoms with E-state index < -0.39 is 28.8 Å². The number of piperidine rings is 1. The molecule has 1 aromatic rings. The molecule has 0 aromatic heterocycles. The molecule has 1 N–H and O–H groups in total. The Morgan fingerprint density at radius 2 is 2.13 bits per heavy atom. The number of hydrogen-bond acceptors (Lipinski definition) is 4. The number of nitrogens with zero attached hydrogens (tertiary/aromatic N) is 2. The molecular formula is C15H16ClN3O4. The highest BCUT2D eigenvalue weighted by Gasteiger charge is 2.54. The topological polar surface area (TPSA) is 92.6 Å². The van der Waals surface area contributed by atoms with Crippen molar-refractivity contribution in [1.29, 1.82) is 0 Å². The van der Waals surface area contributed by atoms with Crippen LogP contribution in [0.2, 0.25) is 5.02 Å². The smallest absolute Gasteiger partial charge is 0.249 e. The maximum Gasteiger partial charge on any atom is 0.249 e. The highest BCUT2D eigenvalue weighted by molar-refractivity contribution is 6.33. The van der Waals surface area contributed by atoms with Crippen LogP contribution in [0.1, 0.15) is 19.3 Å². The van der Waals surface area contributed by atoms with Crippen molar-refractivity contribution in [3.63, 3.8) is 0 Å². The van der Waals surface area contributed by atoms with Gasteiger partial charge in [-0.15, -0.1) is 0 Å². The van der Waals surface area contributed by atoms with Crippen molar-refractivity contribution >= 4 is 29.1 Å². The predicted octanol–water partition coefficient (Wildman–Crippen LogP) is 1.62.